The second-order valence-electron chi connectivity index (χ2n) is 9.31. The molecular formula is C31H28N4O3. The molecule has 0 spiro atoms. The third-order valence-corrected chi connectivity index (χ3v) is 7.09. The number of aromatic amines is 1. The first-order valence-electron chi connectivity index (χ1n) is 12.5. The van der Waals surface area contributed by atoms with Crippen LogP contribution in [-0.4, -0.2) is 47.0 Å². The molecule has 0 unspecified atom stereocenters. The minimum atomic E-state index is -0.128. The summed E-state index contributed by atoms with van der Waals surface area (Å²) in [6.45, 7) is 0.465. The molecule has 0 saturated carbocycles. The number of benzene rings is 3. The topological polar surface area (TPSA) is 71.8 Å². The lowest BCUT2D eigenvalue weighted by Gasteiger charge is -2.19. The average molecular weight is 505 g/mol. The van der Waals surface area contributed by atoms with E-state index in [0.29, 0.717) is 30.2 Å². The van der Waals surface area contributed by atoms with E-state index in [1.165, 1.54) is 0 Å². The molecule has 7 nitrogen and oxygen atoms in total. The molecule has 0 saturated heterocycles. The molecule has 1 amide bonds. The minimum absolute atomic E-state index is 0.128. The number of ether oxygens (including phenoxy) is 2. The first-order valence-corrected chi connectivity index (χ1v) is 12.5. The zero-order valence-electron chi connectivity index (χ0n) is 21.6. The van der Waals surface area contributed by atoms with Crippen molar-refractivity contribution in [1.29, 1.82) is 0 Å². The monoisotopic (exact) mass is 504 g/mol. The van der Waals surface area contributed by atoms with Gasteiger partial charge in [0.2, 0.25) is 0 Å². The number of methoxy groups -OCH3 is 2. The highest BCUT2D eigenvalue weighted by Crippen LogP contribution is 2.30. The van der Waals surface area contributed by atoms with Crippen LogP contribution in [0.25, 0.3) is 27.9 Å². The maximum absolute atomic E-state index is 13.8. The quantitative estimate of drug-likeness (QED) is 0.296. The van der Waals surface area contributed by atoms with Gasteiger partial charge in [-0.2, -0.15) is 0 Å². The lowest BCUT2D eigenvalue weighted by Crippen LogP contribution is -2.34. The summed E-state index contributed by atoms with van der Waals surface area (Å²) < 4.78 is 13.1. The number of hydrogen-bond donors (Lipinski definition) is 1. The molecule has 5 aromatic rings. The minimum Gasteiger partial charge on any atom is -0.497 e. The van der Waals surface area contributed by atoms with E-state index in [2.05, 4.69) is 21.7 Å². The highest BCUT2D eigenvalue weighted by atomic mass is 16.5. The van der Waals surface area contributed by atoms with E-state index in [1.54, 1.807) is 19.1 Å². The van der Waals surface area contributed by atoms with E-state index in [9.17, 15) is 4.79 Å². The standard InChI is InChI=1S/C31H28N4O3/c1-34-19-21(23-8-4-6-10-28(23)34)16-27-31(36)35(30(33-27)24-9-5-7-11-29(24)38-3)15-14-20-18-32-26-13-12-22(37-2)17-25(20)26/h4-13,16-19,32H,14-15H2,1-3H3. The van der Waals surface area contributed by atoms with Gasteiger partial charge in [0.1, 0.15) is 23.0 Å². The zero-order chi connectivity index (χ0) is 26.2. The first kappa shape index (κ1) is 23.6. The van der Waals surface area contributed by atoms with E-state index in [0.717, 1.165) is 44.2 Å². The molecule has 6 rings (SSSR count). The number of nitrogens with zero attached hydrogens (tertiary/aromatic N) is 3. The Kier molecular flexibility index (Phi) is 5.96. The van der Waals surface area contributed by atoms with Crippen LogP contribution in [0.4, 0.5) is 0 Å². The van der Waals surface area contributed by atoms with Crippen LogP contribution in [0.5, 0.6) is 11.5 Å². The Morgan fingerprint density at radius 1 is 0.974 bits per heavy atom. The molecular weight excluding hydrogens is 476 g/mol. The summed E-state index contributed by atoms with van der Waals surface area (Å²) in [5, 5.41) is 2.16. The fourth-order valence-electron chi connectivity index (χ4n) is 5.15. The van der Waals surface area contributed by atoms with Crippen molar-refractivity contribution in [2.24, 2.45) is 12.0 Å². The Morgan fingerprint density at radius 2 is 1.79 bits per heavy atom. The van der Waals surface area contributed by atoms with Crippen molar-refractivity contribution in [3.05, 3.63) is 102 Å². The zero-order valence-corrected chi connectivity index (χ0v) is 21.6. The van der Waals surface area contributed by atoms with Gasteiger partial charge in [0.15, 0.2) is 0 Å². The molecule has 1 aliphatic heterocycles. The second kappa shape index (κ2) is 9.59. The van der Waals surface area contributed by atoms with Crippen molar-refractivity contribution in [3.63, 3.8) is 0 Å². The Morgan fingerprint density at radius 3 is 2.63 bits per heavy atom. The first-order chi connectivity index (χ1) is 18.6. The smallest absolute Gasteiger partial charge is 0.278 e. The van der Waals surface area contributed by atoms with Crippen LogP contribution >= 0.6 is 0 Å². The van der Waals surface area contributed by atoms with Gasteiger partial charge in [0.25, 0.3) is 5.91 Å². The second-order valence-corrected chi connectivity index (χ2v) is 9.31. The molecule has 0 fully saturated rings. The molecule has 190 valence electrons. The molecule has 0 radical (unpaired) electrons. The van der Waals surface area contributed by atoms with Crippen LogP contribution < -0.4 is 9.47 Å². The summed E-state index contributed by atoms with van der Waals surface area (Å²) >= 11 is 0. The van der Waals surface area contributed by atoms with Crippen molar-refractivity contribution < 1.29 is 14.3 Å². The molecule has 38 heavy (non-hydrogen) atoms. The van der Waals surface area contributed by atoms with Crippen LogP contribution in [0.3, 0.4) is 0 Å². The lowest BCUT2D eigenvalue weighted by atomic mass is 10.1. The van der Waals surface area contributed by atoms with E-state index in [1.807, 2.05) is 80.1 Å². The fraction of sp³-hybridized carbons (Fsp3) is 0.161. The summed E-state index contributed by atoms with van der Waals surface area (Å²) in [5.74, 6) is 1.94. The van der Waals surface area contributed by atoms with Crippen LogP contribution in [0, 0.1) is 0 Å². The van der Waals surface area contributed by atoms with Crippen LogP contribution in [0.15, 0.2) is 89.8 Å². The van der Waals surface area contributed by atoms with Gasteiger partial charge in [-0.15, -0.1) is 0 Å². The van der Waals surface area contributed by atoms with Crippen molar-refractivity contribution in [2.45, 2.75) is 6.42 Å². The number of aromatic nitrogens is 2. The van der Waals surface area contributed by atoms with Gasteiger partial charge < -0.3 is 19.0 Å². The van der Waals surface area contributed by atoms with Crippen LogP contribution in [-0.2, 0) is 18.3 Å². The van der Waals surface area contributed by atoms with E-state index in [-0.39, 0.29) is 5.91 Å². The molecule has 0 atom stereocenters. The van der Waals surface area contributed by atoms with E-state index < -0.39 is 0 Å². The third-order valence-electron chi connectivity index (χ3n) is 7.09. The predicted octanol–water partition coefficient (Wildman–Crippen LogP) is 5.55. The van der Waals surface area contributed by atoms with E-state index in [4.69, 9.17) is 14.5 Å². The Bertz CT molecular complexity index is 1740. The average Bonchev–Trinajstić information content (AvgIpc) is 3.61. The number of carbonyl (C=O) groups excluding carboxylic acids is 1. The summed E-state index contributed by atoms with van der Waals surface area (Å²) in [4.78, 5) is 23.8. The van der Waals surface area contributed by atoms with Crippen molar-refractivity contribution >= 4 is 39.6 Å². The summed E-state index contributed by atoms with van der Waals surface area (Å²) in [6.07, 6.45) is 6.56. The molecule has 2 aromatic heterocycles. The van der Waals surface area contributed by atoms with Gasteiger partial charge in [0.05, 0.1) is 19.8 Å². The Balaban J connectivity index is 1.39. The molecule has 1 aliphatic rings. The maximum Gasteiger partial charge on any atom is 0.278 e. The van der Waals surface area contributed by atoms with Crippen LogP contribution in [0.2, 0.25) is 0 Å². The molecule has 3 heterocycles. The molecule has 7 heteroatoms. The molecule has 0 bridgehead atoms. The molecule has 0 aliphatic carbocycles. The van der Waals surface area contributed by atoms with Gasteiger partial charge >= 0.3 is 0 Å². The number of aryl methyl sites for hydroxylation is 1. The fourth-order valence-corrected chi connectivity index (χ4v) is 5.15. The predicted molar refractivity (Wildman–Crippen MR) is 151 cm³/mol. The highest BCUT2D eigenvalue weighted by molar-refractivity contribution is 6.21. The summed E-state index contributed by atoms with van der Waals surface area (Å²) in [6, 6.07) is 21.8. The summed E-state index contributed by atoms with van der Waals surface area (Å²) in [7, 11) is 5.30. The number of fused-ring (bicyclic) bond motifs is 2. The van der Waals surface area contributed by atoms with E-state index >= 15 is 0 Å². The number of hydrogen-bond acceptors (Lipinski definition) is 4. The largest absolute Gasteiger partial charge is 0.497 e. The normalized spacial score (nSPS) is 14.6. The molecule has 3 aromatic carbocycles. The number of amidine groups is 1. The van der Waals surface area contributed by atoms with Crippen molar-refractivity contribution in [1.82, 2.24) is 14.5 Å². The van der Waals surface area contributed by atoms with Gasteiger partial charge in [-0.25, -0.2) is 4.99 Å². The number of amides is 1. The Labute approximate surface area is 220 Å². The van der Waals surface area contributed by atoms with Gasteiger partial charge in [-0.3, -0.25) is 9.69 Å². The summed E-state index contributed by atoms with van der Waals surface area (Å²) in [5.41, 5.74) is 5.39. The lowest BCUT2D eigenvalue weighted by molar-refractivity contribution is -0.122. The SMILES string of the molecule is COc1ccc2[nH]cc(CCN3C(=O)C(=Cc4cn(C)c5ccccc45)N=C3c3ccccc3OC)c2c1. The number of H-pyrrole nitrogens is 1. The number of para-hydroxylation sites is 2. The molecule has 1 N–H and O–H groups in total. The third kappa shape index (κ3) is 4.02. The number of aliphatic imine (C=N–C) groups is 1. The van der Waals surface area contributed by atoms with Crippen molar-refractivity contribution in [2.75, 3.05) is 20.8 Å². The highest BCUT2D eigenvalue weighted by Gasteiger charge is 2.32. The van der Waals surface area contributed by atoms with Crippen molar-refractivity contribution in [3.8, 4) is 11.5 Å². The van der Waals surface area contributed by atoms with Gasteiger partial charge in [-0.05, 0) is 54.5 Å². The Hall–Kier alpha value is -4.78. The van der Waals surface area contributed by atoms with Gasteiger partial charge in [0, 0.05) is 53.4 Å². The number of rotatable bonds is 7. The number of carbonyl (C=O) groups is 1. The van der Waals surface area contributed by atoms with Crippen LogP contribution in [0.1, 0.15) is 16.7 Å². The number of nitrogens with one attached hydrogen (secondary N) is 1. The van der Waals surface area contributed by atoms with Gasteiger partial charge in [-0.1, -0.05) is 30.3 Å². The maximum atomic E-state index is 13.8.